The zero-order valence-electron chi connectivity index (χ0n) is 8.99. The highest BCUT2D eigenvalue weighted by molar-refractivity contribution is 5.76. The van der Waals surface area contributed by atoms with Crippen molar-refractivity contribution in [3.8, 4) is 5.75 Å². The molecule has 17 heavy (non-hydrogen) atoms. The number of alkyl halides is 3. The normalized spacial score (nSPS) is 13.2. The number of hydrogen-bond acceptors (Lipinski definition) is 2. The van der Waals surface area contributed by atoms with E-state index in [1.807, 2.05) is 0 Å². The maximum Gasteiger partial charge on any atom is 0.390 e. The fraction of sp³-hybridized carbons (Fsp3) is 0.364. The molecule has 1 aromatic carbocycles. The van der Waals surface area contributed by atoms with Crippen LogP contribution >= 0.6 is 0 Å². The Morgan fingerprint density at radius 1 is 1.47 bits per heavy atom. The van der Waals surface area contributed by atoms with Gasteiger partial charge in [0.25, 0.3) is 0 Å². The summed E-state index contributed by atoms with van der Waals surface area (Å²) in [6.45, 7) is 0. The number of hydrogen-bond donors (Lipinski definition) is 1. The third kappa shape index (κ3) is 3.97. The second-order valence-electron chi connectivity index (χ2n) is 3.49. The molecule has 6 heteroatoms. The van der Waals surface area contributed by atoms with Crippen LogP contribution in [0.25, 0.3) is 0 Å². The lowest BCUT2D eigenvalue weighted by Gasteiger charge is -2.15. The number of aliphatic carboxylic acids is 1. The SMILES string of the molecule is COc1cccc([C@@H](CC(F)(F)F)C(=O)O)c1. The standard InChI is InChI=1S/C11H11F3O3/c1-17-8-4-2-3-7(5-8)9(10(15)16)6-11(12,13)14/h2-5,9H,6H2,1H3,(H,15,16)/t9-/m1/s1. The molecule has 0 unspecified atom stereocenters. The Morgan fingerprint density at radius 2 is 2.12 bits per heavy atom. The summed E-state index contributed by atoms with van der Waals surface area (Å²) in [4.78, 5) is 10.8. The van der Waals surface area contributed by atoms with E-state index in [1.165, 1.54) is 31.4 Å². The molecule has 3 nitrogen and oxygen atoms in total. The van der Waals surface area contributed by atoms with E-state index in [9.17, 15) is 18.0 Å². The topological polar surface area (TPSA) is 46.5 Å². The average molecular weight is 248 g/mol. The maximum absolute atomic E-state index is 12.2. The third-order valence-corrected chi connectivity index (χ3v) is 2.23. The van der Waals surface area contributed by atoms with Crippen LogP contribution in [-0.2, 0) is 4.79 Å². The van der Waals surface area contributed by atoms with Crippen molar-refractivity contribution in [3.05, 3.63) is 29.8 Å². The van der Waals surface area contributed by atoms with Crippen LogP contribution in [0.1, 0.15) is 17.9 Å². The Morgan fingerprint density at radius 3 is 2.59 bits per heavy atom. The van der Waals surface area contributed by atoms with Crippen molar-refractivity contribution in [3.63, 3.8) is 0 Å². The van der Waals surface area contributed by atoms with Crippen LogP contribution < -0.4 is 4.74 Å². The summed E-state index contributed by atoms with van der Waals surface area (Å²) in [5, 5.41) is 8.81. The van der Waals surface area contributed by atoms with E-state index < -0.39 is 24.5 Å². The van der Waals surface area contributed by atoms with Gasteiger partial charge in [-0.3, -0.25) is 4.79 Å². The molecule has 0 amide bonds. The van der Waals surface area contributed by atoms with E-state index in [4.69, 9.17) is 9.84 Å². The van der Waals surface area contributed by atoms with Crippen molar-refractivity contribution in [1.82, 2.24) is 0 Å². The zero-order chi connectivity index (χ0) is 13.1. The number of ether oxygens (including phenoxy) is 1. The summed E-state index contributed by atoms with van der Waals surface area (Å²) in [5.41, 5.74) is 0.0779. The van der Waals surface area contributed by atoms with Gasteiger partial charge in [0, 0.05) is 0 Å². The predicted octanol–water partition coefficient (Wildman–Crippen LogP) is 2.82. The molecule has 0 aliphatic rings. The summed E-state index contributed by atoms with van der Waals surface area (Å²) in [5.74, 6) is -2.78. The van der Waals surface area contributed by atoms with Crippen molar-refractivity contribution in [2.45, 2.75) is 18.5 Å². The summed E-state index contributed by atoms with van der Waals surface area (Å²) in [6, 6.07) is 5.63. The van der Waals surface area contributed by atoms with Gasteiger partial charge in [0.2, 0.25) is 0 Å². The lowest BCUT2D eigenvalue weighted by Crippen LogP contribution is -2.20. The van der Waals surface area contributed by atoms with E-state index in [0.29, 0.717) is 5.75 Å². The number of carbonyl (C=O) groups is 1. The van der Waals surface area contributed by atoms with Gasteiger partial charge in [-0.2, -0.15) is 13.2 Å². The second-order valence-corrected chi connectivity index (χ2v) is 3.49. The van der Waals surface area contributed by atoms with Gasteiger partial charge in [-0.25, -0.2) is 0 Å². The molecule has 0 radical (unpaired) electrons. The molecule has 0 spiro atoms. The Bertz CT molecular complexity index is 401. The zero-order valence-corrected chi connectivity index (χ0v) is 8.99. The Balaban J connectivity index is 3.01. The van der Waals surface area contributed by atoms with E-state index in [1.54, 1.807) is 0 Å². The van der Waals surface area contributed by atoms with Gasteiger partial charge >= 0.3 is 12.1 Å². The maximum atomic E-state index is 12.2. The molecular formula is C11H11F3O3. The van der Waals surface area contributed by atoms with E-state index in [2.05, 4.69) is 0 Å². The quantitative estimate of drug-likeness (QED) is 0.891. The third-order valence-electron chi connectivity index (χ3n) is 2.23. The number of rotatable bonds is 4. The molecule has 0 aliphatic carbocycles. The lowest BCUT2D eigenvalue weighted by atomic mass is 9.95. The number of methoxy groups -OCH3 is 1. The van der Waals surface area contributed by atoms with Crippen LogP contribution in [0.3, 0.4) is 0 Å². The van der Waals surface area contributed by atoms with Crippen LogP contribution in [0.5, 0.6) is 5.75 Å². The average Bonchev–Trinajstić information content (AvgIpc) is 2.24. The lowest BCUT2D eigenvalue weighted by molar-refractivity contribution is -0.157. The van der Waals surface area contributed by atoms with E-state index >= 15 is 0 Å². The minimum Gasteiger partial charge on any atom is -0.497 e. The first-order valence-electron chi connectivity index (χ1n) is 4.77. The Labute approximate surface area is 95.8 Å². The second kappa shape index (κ2) is 5.07. The molecule has 1 atom stereocenters. The van der Waals surface area contributed by atoms with Crippen LogP contribution in [-0.4, -0.2) is 24.4 Å². The van der Waals surface area contributed by atoms with Gasteiger partial charge in [0.05, 0.1) is 19.4 Å². The number of carboxylic acids is 1. The van der Waals surface area contributed by atoms with Crippen molar-refractivity contribution in [2.75, 3.05) is 7.11 Å². The van der Waals surface area contributed by atoms with Crippen molar-refractivity contribution < 1.29 is 27.8 Å². The Kier molecular flexibility index (Phi) is 3.98. The molecule has 0 saturated heterocycles. The molecule has 0 fully saturated rings. The summed E-state index contributed by atoms with van der Waals surface area (Å²) < 4.78 is 41.6. The van der Waals surface area contributed by atoms with Gasteiger partial charge in [0.15, 0.2) is 0 Å². The molecule has 0 bridgehead atoms. The summed E-state index contributed by atoms with van der Waals surface area (Å²) in [6.07, 6.45) is -5.92. The fourth-order valence-corrected chi connectivity index (χ4v) is 1.44. The highest BCUT2D eigenvalue weighted by Crippen LogP contribution is 2.32. The van der Waals surface area contributed by atoms with E-state index in [0.717, 1.165) is 0 Å². The molecular weight excluding hydrogens is 237 g/mol. The number of carboxylic acid groups (broad SMARTS) is 1. The van der Waals surface area contributed by atoms with Gasteiger partial charge in [0.1, 0.15) is 5.75 Å². The number of benzene rings is 1. The van der Waals surface area contributed by atoms with Gasteiger partial charge in [-0.05, 0) is 17.7 Å². The molecule has 1 rings (SSSR count). The minimum atomic E-state index is -4.52. The van der Waals surface area contributed by atoms with Gasteiger partial charge in [-0.1, -0.05) is 12.1 Å². The first-order chi connectivity index (χ1) is 7.83. The summed E-state index contributed by atoms with van der Waals surface area (Å²) >= 11 is 0. The first-order valence-corrected chi connectivity index (χ1v) is 4.77. The van der Waals surface area contributed by atoms with Crippen LogP contribution in [0.4, 0.5) is 13.2 Å². The highest BCUT2D eigenvalue weighted by Gasteiger charge is 2.36. The molecule has 0 heterocycles. The summed E-state index contributed by atoms with van der Waals surface area (Å²) in [7, 11) is 1.36. The van der Waals surface area contributed by atoms with Crippen molar-refractivity contribution in [2.24, 2.45) is 0 Å². The predicted molar refractivity (Wildman–Crippen MR) is 54.0 cm³/mol. The van der Waals surface area contributed by atoms with Gasteiger partial charge in [-0.15, -0.1) is 0 Å². The van der Waals surface area contributed by atoms with Crippen LogP contribution in [0.15, 0.2) is 24.3 Å². The Hall–Kier alpha value is -1.72. The first kappa shape index (κ1) is 13.3. The molecule has 1 N–H and O–H groups in total. The molecule has 0 aliphatic heterocycles. The molecule has 0 saturated carbocycles. The smallest absolute Gasteiger partial charge is 0.390 e. The molecule has 1 aromatic rings. The fourth-order valence-electron chi connectivity index (χ4n) is 1.44. The number of halogens is 3. The monoisotopic (exact) mass is 248 g/mol. The van der Waals surface area contributed by atoms with Crippen molar-refractivity contribution in [1.29, 1.82) is 0 Å². The van der Waals surface area contributed by atoms with E-state index in [-0.39, 0.29) is 5.56 Å². The van der Waals surface area contributed by atoms with Gasteiger partial charge < -0.3 is 9.84 Å². The molecule has 0 aromatic heterocycles. The van der Waals surface area contributed by atoms with Crippen molar-refractivity contribution >= 4 is 5.97 Å². The minimum absolute atomic E-state index is 0.0779. The van der Waals surface area contributed by atoms with Crippen LogP contribution in [0, 0.1) is 0 Å². The van der Waals surface area contributed by atoms with Crippen LogP contribution in [0.2, 0.25) is 0 Å². The largest absolute Gasteiger partial charge is 0.497 e. The highest BCUT2D eigenvalue weighted by atomic mass is 19.4. The molecule has 94 valence electrons.